The first-order valence-electron chi connectivity index (χ1n) is 6.88. The lowest BCUT2D eigenvalue weighted by atomic mass is 10.1. The van der Waals surface area contributed by atoms with E-state index in [1.165, 1.54) is 11.1 Å². The fourth-order valence-corrected chi connectivity index (χ4v) is 3.10. The molecular formula is C17H16BrNO2. The van der Waals surface area contributed by atoms with Crippen LogP contribution in [-0.2, 0) is 17.6 Å². The Morgan fingerprint density at radius 3 is 2.57 bits per heavy atom. The first-order chi connectivity index (χ1) is 10.2. The molecule has 1 aliphatic rings. The molecule has 0 spiro atoms. The van der Waals surface area contributed by atoms with Crippen LogP contribution in [0.4, 0.5) is 5.69 Å². The number of hydrogen-bond acceptors (Lipinski definition) is 2. The Bertz CT molecular complexity index is 667. The van der Waals surface area contributed by atoms with E-state index in [9.17, 15) is 4.79 Å². The van der Waals surface area contributed by atoms with E-state index in [4.69, 9.17) is 4.74 Å². The van der Waals surface area contributed by atoms with Crippen LogP contribution >= 0.6 is 15.9 Å². The number of halogens is 1. The number of carbonyl (C=O) groups is 1. The highest BCUT2D eigenvalue weighted by Gasteiger charge is 2.27. The molecule has 0 fully saturated rings. The smallest absolute Gasteiger partial charge is 0.228 e. The largest absolute Gasteiger partial charge is 0.497 e. The van der Waals surface area contributed by atoms with Crippen molar-refractivity contribution in [3.63, 3.8) is 0 Å². The molecule has 4 heteroatoms. The van der Waals surface area contributed by atoms with Gasteiger partial charge < -0.3 is 10.1 Å². The first-order valence-corrected chi connectivity index (χ1v) is 7.67. The van der Waals surface area contributed by atoms with E-state index in [0.29, 0.717) is 0 Å². The first kappa shape index (κ1) is 14.1. The number of carbonyl (C=O) groups excluding carboxylic acids is 1. The minimum absolute atomic E-state index is 0.0106. The molecule has 0 aromatic heterocycles. The van der Waals surface area contributed by atoms with Gasteiger partial charge in [0.2, 0.25) is 5.91 Å². The van der Waals surface area contributed by atoms with E-state index in [2.05, 4.69) is 33.4 Å². The maximum atomic E-state index is 12.4. The Morgan fingerprint density at radius 1 is 1.14 bits per heavy atom. The van der Waals surface area contributed by atoms with Gasteiger partial charge in [-0.1, -0.05) is 22.0 Å². The van der Waals surface area contributed by atoms with Crippen molar-refractivity contribution in [2.24, 2.45) is 5.92 Å². The summed E-state index contributed by atoms with van der Waals surface area (Å²) < 4.78 is 6.18. The molecule has 1 atom stereocenters. The molecule has 0 saturated heterocycles. The molecule has 0 saturated carbocycles. The SMILES string of the molecule is COc1ccc(NC(=O)C2Cc3ccc(Br)cc3C2)cc1. The minimum atomic E-state index is 0.0106. The summed E-state index contributed by atoms with van der Waals surface area (Å²) in [6, 6.07) is 13.6. The second kappa shape index (κ2) is 5.90. The summed E-state index contributed by atoms with van der Waals surface area (Å²) in [6.45, 7) is 0. The molecule has 0 bridgehead atoms. The van der Waals surface area contributed by atoms with E-state index >= 15 is 0 Å². The second-order valence-electron chi connectivity index (χ2n) is 5.24. The van der Waals surface area contributed by atoms with E-state index in [0.717, 1.165) is 28.8 Å². The fraction of sp³-hybridized carbons (Fsp3) is 0.235. The number of ether oxygens (including phenoxy) is 1. The Morgan fingerprint density at radius 2 is 1.86 bits per heavy atom. The number of rotatable bonds is 3. The van der Waals surface area contributed by atoms with E-state index in [1.807, 2.05) is 30.3 Å². The zero-order chi connectivity index (χ0) is 14.8. The average Bonchev–Trinajstić information content (AvgIpc) is 2.91. The van der Waals surface area contributed by atoms with E-state index in [1.54, 1.807) is 7.11 Å². The summed E-state index contributed by atoms with van der Waals surface area (Å²) in [6.07, 6.45) is 1.61. The van der Waals surface area contributed by atoms with Crippen LogP contribution in [-0.4, -0.2) is 13.0 Å². The van der Waals surface area contributed by atoms with Gasteiger partial charge in [-0.2, -0.15) is 0 Å². The van der Waals surface area contributed by atoms with E-state index < -0.39 is 0 Å². The third kappa shape index (κ3) is 3.10. The van der Waals surface area contributed by atoms with Crippen LogP contribution in [0.15, 0.2) is 46.9 Å². The number of nitrogens with one attached hydrogen (secondary N) is 1. The predicted octanol–water partition coefficient (Wildman–Crippen LogP) is 3.81. The van der Waals surface area contributed by atoms with Gasteiger partial charge in [-0.25, -0.2) is 0 Å². The highest BCUT2D eigenvalue weighted by atomic mass is 79.9. The van der Waals surface area contributed by atoms with Gasteiger partial charge in [0.05, 0.1) is 7.11 Å². The van der Waals surface area contributed by atoms with Crippen molar-refractivity contribution in [2.75, 3.05) is 12.4 Å². The van der Waals surface area contributed by atoms with Gasteiger partial charge in [0.1, 0.15) is 5.75 Å². The van der Waals surface area contributed by atoms with Gasteiger partial charge in [-0.3, -0.25) is 4.79 Å². The summed E-state index contributed by atoms with van der Waals surface area (Å²) in [7, 11) is 1.63. The summed E-state index contributed by atoms with van der Waals surface area (Å²) in [5.74, 6) is 0.870. The van der Waals surface area contributed by atoms with Crippen molar-refractivity contribution in [3.8, 4) is 5.75 Å². The monoisotopic (exact) mass is 345 g/mol. The summed E-state index contributed by atoms with van der Waals surface area (Å²) in [5.41, 5.74) is 3.34. The third-order valence-corrected chi connectivity index (χ3v) is 4.32. The van der Waals surface area contributed by atoms with Crippen molar-refractivity contribution in [3.05, 3.63) is 58.1 Å². The number of hydrogen-bond donors (Lipinski definition) is 1. The van der Waals surface area contributed by atoms with Crippen LogP contribution in [0.1, 0.15) is 11.1 Å². The number of amides is 1. The van der Waals surface area contributed by atoms with Crippen LogP contribution in [0, 0.1) is 5.92 Å². The van der Waals surface area contributed by atoms with Gasteiger partial charge in [0.25, 0.3) is 0 Å². The molecule has 1 unspecified atom stereocenters. The second-order valence-corrected chi connectivity index (χ2v) is 6.15. The Hall–Kier alpha value is -1.81. The molecule has 2 aromatic rings. The Balaban J connectivity index is 1.67. The number of methoxy groups -OCH3 is 1. The maximum Gasteiger partial charge on any atom is 0.228 e. The van der Waals surface area contributed by atoms with Crippen LogP contribution in [0.5, 0.6) is 5.75 Å². The molecule has 3 rings (SSSR count). The fourth-order valence-electron chi connectivity index (χ4n) is 2.69. The number of benzene rings is 2. The number of fused-ring (bicyclic) bond motifs is 1. The van der Waals surface area contributed by atoms with E-state index in [-0.39, 0.29) is 11.8 Å². The predicted molar refractivity (Wildman–Crippen MR) is 86.7 cm³/mol. The molecule has 0 aliphatic heterocycles. The molecule has 1 N–H and O–H groups in total. The molecule has 1 aliphatic carbocycles. The Labute approximate surface area is 132 Å². The highest BCUT2D eigenvalue weighted by Crippen LogP contribution is 2.30. The van der Waals surface area contributed by atoms with Crippen LogP contribution in [0.25, 0.3) is 0 Å². The molecular weight excluding hydrogens is 330 g/mol. The lowest BCUT2D eigenvalue weighted by Gasteiger charge is -2.10. The number of anilines is 1. The normalized spacial score (nSPS) is 16.4. The standard InChI is InChI=1S/C17H16BrNO2/c1-21-16-6-4-15(5-7-16)19-17(20)13-8-11-2-3-14(18)10-12(11)9-13/h2-7,10,13H,8-9H2,1H3,(H,19,20). The third-order valence-electron chi connectivity index (χ3n) is 3.83. The summed E-state index contributed by atoms with van der Waals surface area (Å²) in [4.78, 5) is 12.4. The molecule has 21 heavy (non-hydrogen) atoms. The van der Waals surface area contributed by atoms with Gasteiger partial charge >= 0.3 is 0 Å². The molecule has 108 valence electrons. The molecule has 1 amide bonds. The van der Waals surface area contributed by atoms with Crippen LogP contribution in [0.3, 0.4) is 0 Å². The summed E-state index contributed by atoms with van der Waals surface area (Å²) >= 11 is 3.48. The molecule has 0 heterocycles. The van der Waals surface area contributed by atoms with Gasteiger partial charge in [0.15, 0.2) is 0 Å². The van der Waals surface area contributed by atoms with Gasteiger partial charge in [0, 0.05) is 16.1 Å². The van der Waals surface area contributed by atoms with Crippen LogP contribution < -0.4 is 10.1 Å². The zero-order valence-corrected chi connectivity index (χ0v) is 13.3. The van der Waals surface area contributed by atoms with Crippen molar-refractivity contribution >= 4 is 27.5 Å². The molecule has 2 aromatic carbocycles. The summed E-state index contributed by atoms with van der Waals surface area (Å²) in [5, 5.41) is 2.98. The lowest BCUT2D eigenvalue weighted by molar-refractivity contribution is -0.119. The van der Waals surface area contributed by atoms with Gasteiger partial charge in [-0.05, 0) is 60.4 Å². The lowest BCUT2D eigenvalue weighted by Crippen LogP contribution is -2.23. The average molecular weight is 346 g/mol. The molecule has 0 radical (unpaired) electrons. The van der Waals surface area contributed by atoms with Gasteiger partial charge in [-0.15, -0.1) is 0 Å². The molecule has 3 nitrogen and oxygen atoms in total. The zero-order valence-electron chi connectivity index (χ0n) is 11.7. The Kier molecular flexibility index (Phi) is 3.97. The van der Waals surface area contributed by atoms with Crippen molar-refractivity contribution in [1.82, 2.24) is 0 Å². The van der Waals surface area contributed by atoms with Crippen molar-refractivity contribution in [1.29, 1.82) is 0 Å². The maximum absolute atomic E-state index is 12.4. The minimum Gasteiger partial charge on any atom is -0.497 e. The quantitative estimate of drug-likeness (QED) is 0.918. The highest BCUT2D eigenvalue weighted by molar-refractivity contribution is 9.10. The van der Waals surface area contributed by atoms with Crippen molar-refractivity contribution in [2.45, 2.75) is 12.8 Å². The van der Waals surface area contributed by atoms with Crippen molar-refractivity contribution < 1.29 is 9.53 Å². The topological polar surface area (TPSA) is 38.3 Å². The van der Waals surface area contributed by atoms with Crippen LogP contribution in [0.2, 0.25) is 0 Å².